The van der Waals surface area contributed by atoms with E-state index in [9.17, 15) is 0 Å². The van der Waals surface area contributed by atoms with Gasteiger partial charge < -0.3 is 15.4 Å². The van der Waals surface area contributed by atoms with E-state index in [1.54, 1.807) is 11.3 Å². The predicted molar refractivity (Wildman–Crippen MR) is 89.7 cm³/mol. The van der Waals surface area contributed by atoms with Gasteiger partial charge in [-0.05, 0) is 32.0 Å². The zero-order chi connectivity index (χ0) is 15.1. The SMILES string of the molecule is CCCOc1ccccc1Nc1nc(C(C)NCC)cs1. The van der Waals surface area contributed by atoms with E-state index in [0.29, 0.717) is 0 Å². The van der Waals surface area contributed by atoms with E-state index in [-0.39, 0.29) is 6.04 Å². The third-order valence-corrected chi connectivity index (χ3v) is 3.84. The quantitative estimate of drug-likeness (QED) is 0.761. The Morgan fingerprint density at radius 1 is 1.29 bits per heavy atom. The Morgan fingerprint density at radius 2 is 2.10 bits per heavy atom. The van der Waals surface area contributed by atoms with Gasteiger partial charge in [0.15, 0.2) is 5.13 Å². The number of benzene rings is 1. The van der Waals surface area contributed by atoms with Crippen LogP contribution in [-0.4, -0.2) is 18.1 Å². The van der Waals surface area contributed by atoms with Crippen molar-refractivity contribution in [3.05, 3.63) is 35.3 Å². The maximum Gasteiger partial charge on any atom is 0.187 e. The van der Waals surface area contributed by atoms with E-state index in [1.165, 1.54) is 0 Å². The van der Waals surface area contributed by atoms with Gasteiger partial charge >= 0.3 is 0 Å². The molecule has 2 aromatic rings. The summed E-state index contributed by atoms with van der Waals surface area (Å²) in [5, 5.41) is 9.70. The number of hydrogen-bond donors (Lipinski definition) is 2. The number of aromatic nitrogens is 1. The monoisotopic (exact) mass is 305 g/mol. The molecular formula is C16H23N3OS. The fourth-order valence-corrected chi connectivity index (χ4v) is 2.79. The van der Waals surface area contributed by atoms with Gasteiger partial charge in [-0.3, -0.25) is 0 Å². The predicted octanol–water partition coefficient (Wildman–Crippen LogP) is 4.35. The van der Waals surface area contributed by atoms with E-state index >= 15 is 0 Å². The van der Waals surface area contributed by atoms with Crippen molar-refractivity contribution in [3.63, 3.8) is 0 Å². The molecule has 0 saturated heterocycles. The van der Waals surface area contributed by atoms with Crippen LogP contribution < -0.4 is 15.4 Å². The molecule has 0 bridgehead atoms. The van der Waals surface area contributed by atoms with Crippen molar-refractivity contribution in [1.29, 1.82) is 0 Å². The number of nitrogens with zero attached hydrogens (tertiary/aromatic N) is 1. The number of thiazole rings is 1. The van der Waals surface area contributed by atoms with Crippen LogP contribution in [0.5, 0.6) is 5.75 Å². The number of ether oxygens (including phenoxy) is 1. The summed E-state index contributed by atoms with van der Waals surface area (Å²) in [6.07, 6.45) is 0.996. The van der Waals surface area contributed by atoms with Gasteiger partial charge in [0.1, 0.15) is 5.75 Å². The van der Waals surface area contributed by atoms with Gasteiger partial charge in [0.2, 0.25) is 0 Å². The minimum atomic E-state index is 0.272. The van der Waals surface area contributed by atoms with Crippen LogP contribution in [0.25, 0.3) is 0 Å². The van der Waals surface area contributed by atoms with Crippen LogP contribution in [0.3, 0.4) is 0 Å². The van der Waals surface area contributed by atoms with Gasteiger partial charge in [-0.15, -0.1) is 11.3 Å². The first-order valence-corrected chi connectivity index (χ1v) is 8.30. The molecule has 1 atom stereocenters. The molecule has 1 aromatic carbocycles. The van der Waals surface area contributed by atoms with E-state index in [1.807, 2.05) is 24.3 Å². The first-order chi connectivity index (χ1) is 10.2. The first kappa shape index (κ1) is 15.8. The number of anilines is 2. The van der Waals surface area contributed by atoms with E-state index in [0.717, 1.165) is 41.8 Å². The van der Waals surface area contributed by atoms with Gasteiger partial charge in [0, 0.05) is 11.4 Å². The molecule has 0 aliphatic carbocycles. The maximum absolute atomic E-state index is 5.75. The van der Waals surface area contributed by atoms with Gasteiger partial charge in [0.25, 0.3) is 0 Å². The number of nitrogens with one attached hydrogen (secondary N) is 2. The second-order valence-electron chi connectivity index (χ2n) is 4.83. The topological polar surface area (TPSA) is 46.2 Å². The Morgan fingerprint density at radius 3 is 2.86 bits per heavy atom. The molecule has 0 saturated carbocycles. The lowest BCUT2D eigenvalue weighted by Gasteiger charge is -2.11. The highest BCUT2D eigenvalue weighted by Crippen LogP contribution is 2.30. The number of hydrogen-bond acceptors (Lipinski definition) is 5. The summed E-state index contributed by atoms with van der Waals surface area (Å²) in [7, 11) is 0. The zero-order valence-corrected chi connectivity index (χ0v) is 13.7. The summed E-state index contributed by atoms with van der Waals surface area (Å²) in [6, 6.07) is 8.25. The van der Waals surface area contributed by atoms with Gasteiger partial charge in [0.05, 0.1) is 18.0 Å². The van der Waals surface area contributed by atoms with Gasteiger partial charge in [-0.2, -0.15) is 0 Å². The lowest BCUT2D eigenvalue weighted by atomic mass is 10.2. The Hall–Kier alpha value is -1.59. The van der Waals surface area contributed by atoms with Crippen LogP contribution in [0, 0.1) is 0 Å². The highest BCUT2D eigenvalue weighted by molar-refractivity contribution is 7.13. The van der Waals surface area contributed by atoms with Crippen molar-refractivity contribution >= 4 is 22.2 Å². The molecule has 0 fully saturated rings. The molecule has 0 aliphatic rings. The van der Waals surface area contributed by atoms with Crippen molar-refractivity contribution in [1.82, 2.24) is 10.3 Å². The van der Waals surface area contributed by atoms with E-state index < -0.39 is 0 Å². The molecular weight excluding hydrogens is 282 g/mol. The molecule has 0 amide bonds. The third-order valence-electron chi connectivity index (χ3n) is 3.07. The normalized spacial score (nSPS) is 12.1. The second-order valence-corrected chi connectivity index (χ2v) is 5.68. The molecule has 5 heteroatoms. The van der Waals surface area contributed by atoms with Crippen LogP contribution in [0.2, 0.25) is 0 Å². The second kappa shape index (κ2) is 8.00. The lowest BCUT2D eigenvalue weighted by molar-refractivity contribution is 0.319. The molecule has 2 rings (SSSR count). The zero-order valence-electron chi connectivity index (χ0n) is 12.8. The largest absolute Gasteiger partial charge is 0.491 e. The molecule has 4 nitrogen and oxygen atoms in total. The molecule has 0 radical (unpaired) electrons. The van der Waals surface area contributed by atoms with Crippen molar-refractivity contribution in [3.8, 4) is 5.75 Å². The minimum Gasteiger partial charge on any atom is -0.491 e. The van der Waals surface area contributed by atoms with Crippen LogP contribution in [-0.2, 0) is 0 Å². The van der Waals surface area contributed by atoms with Crippen molar-refractivity contribution < 1.29 is 4.74 Å². The molecule has 2 N–H and O–H groups in total. The molecule has 1 aromatic heterocycles. The Balaban J connectivity index is 2.08. The highest BCUT2D eigenvalue weighted by atomic mass is 32.1. The molecule has 1 unspecified atom stereocenters. The molecule has 0 aliphatic heterocycles. The summed E-state index contributed by atoms with van der Waals surface area (Å²) in [5.74, 6) is 0.871. The highest BCUT2D eigenvalue weighted by Gasteiger charge is 2.10. The summed E-state index contributed by atoms with van der Waals surface area (Å²) in [5.41, 5.74) is 2.03. The number of rotatable bonds is 8. The molecule has 1 heterocycles. The Labute approximate surface area is 130 Å². The lowest BCUT2D eigenvalue weighted by Crippen LogP contribution is -2.17. The summed E-state index contributed by atoms with van der Waals surface area (Å²) < 4.78 is 5.75. The standard InChI is InChI=1S/C16H23N3OS/c1-4-10-20-15-9-7-6-8-13(15)18-16-19-14(11-21-16)12(3)17-5-2/h6-9,11-12,17H,4-5,10H2,1-3H3,(H,18,19). The maximum atomic E-state index is 5.75. The fourth-order valence-electron chi connectivity index (χ4n) is 1.98. The minimum absolute atomic E-state index is 0.272. The summed E-state index contributed by atoms with van der Waals surface area (Å²) >= 11 is 1.61. The summed E-state index contributed by atoms with van der Waals surface area (Å²) in [6.45, 7) is 7.99. The van der Waals surface area contributed by atoms with E-state index in [4.69, 9.17) is 4.74 Å². The van der Waals surface area contributed by atoms with E-state index in [2.05, 4.69) is 41.8 Å². The van der Waals surface area contributed by atoms with Crippen molar-refractivity contribution in [2.45, 2.75) is 33.2 Å². The first-order valence-electron chi connectivity index (χ1n) is 7.42. The third kappa shape index (κ3) is 4.44. The summed E-state index contributed by atoms with van der Waals surface area (Å²) in [4.78, 5) is 4.63. The smallest absolute Gasteiger partial charge is 0.187 e. The molecule has 21 heavy (non-hydrogen) atoms. The van der Waals surface area contributed by atoms with Crippen molar-refractivity contribution in [2.75, 3.05) is 18.5 Å². The average molecular weight is 305 g/mol. The average Bonchev–Trinajstić information content (AvgIpc) is 2.95. The van der Waals surface area contributed by atoms with Gasteiger partial charge in [-0.25, -0.2) is 4.98 Å². The number of para-hydroxylation sites is 2. The van der Waals surface area contributed by atoms with Gasteiger partial charge in [-0.1, -0.05) is 26.0 Å². The Kier molecular flexibility index (Phi) is 6.02. The van der Waals surface area contributed by atoms with Crippen LogP contribution >= 0.6 is 11.3 Å². The van der Waals surface area contributed by atoms with Crippen LogP contribution in [0.15, 0.2) is 29.6 Å². The van der Waals surface area contributed by atoms with Crippen molar-refractivity contribution in [2.24, 2.45) is 0 Å². The van der Waals surface area contributed by atoms with Crippen LogP contribution in [0.4, 0.5) is 10.8 Å². The Bertz CT molecular complexity index is 556. The van der Waals surface area contributed by atoms with Crippen LogP contribution in [0.1, 0.15) is 38.9 Å². The fraction of sp³-hybridized carbons (Fsp3) is 0.438. The molecule has 0 spiro atoms. The molecule has 114 valence electrons.